The largest absolute Gasteiger partial charge is 0.353 e. The van der Waals surface area contributed by atoms with E-state index in [1.165, 1.54) is 11.1 Å². The van der Waals surface area contributed by atoms with Crippen LogP contribution >= 0.6 is 0 Å². The van der Waals surface area contributed by atoms with Crippen LogP contribution in [-0.4, -0.2) is 46.3 Å². The summed E-state index contributed by atoms with van der Waals surface area (Å²) in [5.74, 6) is 2.40. The summed E-state index contributed by atoms with van der Waals surface area (Å²) in [4.78, 5) is 13.6. The van der Waals surface area contributed by atoms with Gasteiger partial charge in [-0.05, 0) is 36.6 Å². The van der Waals surface area contributed by atoms with Gasteiger partial charge in [-0.3, -0.25) is 0 Å². The smallest absolute Gasteiger partial charge is 0.247 e. The number of piperazine rings is 1. The van der Waals surface area contributed by atoms with Crippen molar-refractivity contribution >= 4 is 23.3 Å². The molecule has 1 aliphatic rings. The van der Waals surface area contributed by atoms with Gasteiger partial charge in [0.05, 0.1) is 6.20 Å². The number of nitrogens with zero attached hydrogens (tertiary/aromatic N) is 6. The van der Waals surface area contributed by atoms with Crippen LogP contribution in [0.2, 0.25) is 0 Å². The molecule has 0 amide bonds. The van der Waals surface area contributed by atoms with Gasteiger partial charge in [0.15, 0.2) is 5.82 Å². The first-order valence-corrected chi connectivity index (χ1v) is 9.70. The molecule has 0 aliphatic carbocycles. The van der Waals surface area contributed by atoms with E-state index in [0.29, 0.717) is 5.95 Å². The number of aryl methyl sites for hydroxylation is 2. The van der Waals surface area contributed by atoms with Gasteiger partial charge in [-0.2, -0.15) is 10.1 Å². The van der Waals surface area contributed by atoms with Crippen molar-refractivity contribution in [2.75, 3.05) is 41.3 Å². The van der Waals surface area contributed by atoms with Crippen LogP contribution < -0.4 is 15.1 Å². The van der Waals surface area contributed by atoms with Crippen molar-refractivity contribution in [3.8, 4) is 0 Å². The van der Waals surface area contributed by atoms with E-state index in [1.807, 2.05) is 24.4 Å². The number of pyridine rings is 1. The Kier molecular flexibility index (Phi) is 5.32. The van der Waals surface area contributed by atoms with Crippen LogP contribution in [0.5, 0.6) is 0 Å². The molecule has 1 aliphatic heterocycles. The number of hydrogen-bond acceptors (Lipinski definition) is 7. The fourth-order valence-corrected chi connectivity index (χ4v) is 3.49. The minimum atomic E-state index is 0.664. The molecule has 144 valence electrons. The van der Waals surface area contributed by atoms with Crippen LogP contribution in [0.1, 0.15) is 18.1 Å². The standard InChI is InChI=1S/C21H25N7/c1-3-17-8-6-7-16(2)20(17)24-18-15-23-26-21(25-18)28-13-11-27(12-14-28)19-9-4-5-10-22-19/h4-10,15H,3,11-14H2,1-2H3,(H,24,25,26). The third-order valence-electron chi connectivity index (χ3n) is 5.08. The second kappa shape index (κ2) is 8.21. The monoisotopic (exact) mass is 375 g/mol. The number of para-hydroxylation sites is 1. The summed E-state index contributed by atoms with van der Waals surface area (Å²) in [6.07, 6.45) is 4.48. The maximum atomic E-state index is 4.71. The van der Waals surface area contributed by atoms with E-state index in [2.05, 4.69) is 62.3 Å². The summed E-state index contributed by atoms with van der Waals surface area (Å²) in [5, 5.41) is 11.9. The van der Waals surface area contributed by atoms with E-state index in [1.54, 1.807) is 6.20 Å². The number of benzene rings is 1. The Bertz CT molecular complexity index is 921. The van der Waals surface area contributed by atoms with Crippen molar-refractivity contribution in [3.63, 3.8) is 0 Å². The molecular weight excluding hydrogens is 350 g/mol. The molecule has 7 nitrogen and oxygen atoms in total. The summed E-state index contributed by atoms with van der Waals surface area (Å²) >= 11 is 0. The Hall–Kier alpha value is -3.22. The third-order valence-corrected chi connectivity index (χ3v) is 5.08. The lowest BCUT2D eigenvalue weighted by atomic mass is 10.1. The van der Waals surface area contributed by atoms with Crippen LogP contribution in [0.25, 0.3) is 0 Å². The molecule has 1 saturated heterocycles. The molecule has 0 atom stereocenters. The Morgan fingerprint density at radius 1 is 1.00 bits per heavy atom. The van der Waals surface area contributed by atoms with Gasteiger partial charge in [-0.15, -0.1) is 5.10 Å². The number of nitrogens with one attached hydrogen (secondary N) is 1. The van der Waals surface area contributed by atoms with E-state index in [0.717, 1.165) is 49.9 Å². The molecular formula is C21H25N7. The van der Waals surface area contributed by atoms with Crippen LogP contribution in [0.4, 0.5) is 23.3 Å². The number of aromatic nitrogens is 4. The van der Waals surface area contributed by atoms with E-state index >= 15 is 0 Å². The molecule has 3 heterocycles. The van der Waals surface area contributed by atoms with Crippen LogP contribution in [0.15, 0.2) is 48.8 Å². The summed E-state index contributed by atoms with van der Waals surface area (Å²) in [6.45, 7) is 7.71. The Balaban J connectivity index is 1.46. The first kappa shape index (κ1) is 18.2. The van der Waals surface area contributed by atoms with E-state index in [4.69, 9.17) is 4.98 Å². The molecule has 2 aromatic heterocycles. The van der Waals surface area contributed by atoms with Gasteiger partial charge >= 0.3 is 0 Å². The molecule has 3 aromatic rings. The lowest BCUT2D eigenvalue weighted by molar-refractivity contribution is 0.630. The number of anilines is 4. The Morgan fingerprint density at radius 2 is 1.82 bits per heavy atom. The first-order valence-electron chi connectivity index (χ1n) is 9.70. The zero-order valence-electron chi connectivity index (χ0n) is 16.3. The number of rotatable bonds is 5. The quantitative estimate of drug-likeness (QED) is 0.734. The normalized spacial score (nSPS) is 14.2. The maximum absolute atomic E-state index is 4.71. The topological polar surface area (TPSA) is 70.1 Å². The number of hydrogen-bond donors (Lipinski definition) is 1. The SMILES string of the molecule is CCc1cccc(C)c1Nc1cnnc(N2CCN(c3ccccn3)CC2)n1. The highest BCUT2D eigenvalue weighted by atomic mass is 15.4. The predicted octanol–water partition coefficient (Wildman–Crippen LogP) is 3.21. The van der Waals surface area contributed by atoms with E-state index < -0.39 is 0 Å². The molecule has 1 fully saturated rings. The average Bonchev–Trinajstić information content (AvgIpc) is 2.76. The minimum absolute atomic E-state index is 0.664. The van der Waals surface area contributed by atoms with Crippen molar-refractivity contribution in [3.05, 3.63) is 59.9 Å². The maximum Gasteiger partial charge on any atom is 0.247 e. The predicted molar refractivity (Wildman–Crippen MR) is 112 cm³/mol. The van der Waals surface area contributed by atoms with Gasteiger partial charge in [-0.25, -0.2) is 4.98 Å². The molecule has 28 heavy (non-hydrogen) atoms. The zero-order valence-corrected chi connectivity index (χ0v) is 16.3. The molecule has 0 spiro atoms. The van der Waals surface area contributed by atoms with E-state index in [9.17, 15) is 0 Å². The van der Waals surface area contributed by atoms with Crippen LogP contribution in [0.3, 0.4) is 0 Å². The highest BCUT2D eigenvalue weighted by Gasteiger charge is 2.20. The summed E-state index contributed by atoms with van der Waals surface area (Å²) < 4.78 is 0. The molecule has 0 unspecified atom stereocenters. The molecule has 0 saturated carbocycles. The lowest BCUT2D eigenvalue weighted by Crippen LogP contribution is -2.47. The second-order valence-electron chi connectivity index (χ2n) is 6.89. The molecule has 1 N–H and O–H groups in total. The van der Waals surface area contributed by atoms with Crippen molar-refractivity contribution in [1.82, 2.24) is 20.2 Å². The first-order chi connectivity index (χ1) is 13.7. The van der Waals surface area contributed by atoms with Crippen LogP contribution in [-0.2, 0) is 6.42 Å². The zero-order chi connectivity index (χ0) is 19.3. The average molecular weight is 375 g/mol. The van der Waals surface area contributed by atoms with Gasteiger partial charge in [-0.1, -0.05) is 31.2 Å². The van der Waals surface area contributed by atoms with Crippen molar-refractivity contribution in [1.29, 1.82) is 0 Å². The van der Waals surface area contributed by atoms with Gasteiger partial charge in [0.25, 0.3) is 0 Å². The summed E-state index contributed by atoms with van der Waals surface area (Å²) in [6, 6.07) is 12.3. The molecule has 7 heteroatoms. The van der Waals surface area contributed by atoms with E-state index in [-0.39, 0.29) is 0 Å². The molecule has 4 rings (SSSR count). The lowest BCUT2D eigenvalue weighted by Gasteiger charge is -2.35. The van der Waals surface area contributed by atoms with Crippen LogP contribution in [0, 0.1) is 6.92 Å². The Labute approximate surface area is 165 Å². The van der Waals surface area contributed by atoms with Gasteiger partial charge in [0.1, 0.15) is 5.82 Å². The third kappa shape index (κ3) is 3.88. The second-order valence-corrected chi connectivity index (χ2v) is 6.89. The van der Waals surface area contributed by atoms with Gasteiger partial charge < -0.3 is 15.1 Å². The molecule has 0 radical (unpaired) electrons. The Morgan fingerprint density at radius 3 is 2.57 bits per heavy atom. The van der Waals surface area contributed by atoms with Gasteiger partial charge in [0, 0.05) is 38.1 Å². The molecule has 1 aromatic carbocycles. The summed E-state index contributed by atoms with van der Waals surface area (Å²) in [7, 11) is 0. The highest BCUT2D eigenvalue weighted by molar-refractivity contribution is 5.64. The van der Waals surface area contributed by atoms with Crippen molar-refractivity contribution in [2.45, 2.75) is 20.3 Å². The summed E-state index contributed by atoms with van der Waals surface area (Å²) in [5.41, 5.74) is 3.57. The highest BCUT2D eigenvalue weighted by Crippen LogP contribution is 2.25. The fraction of sp³-hybridized carbons (Fsp3) is 0.333. The minimum Gasteiger partial charge on any atom is -0.353 e. The van der Waals surface area contributed by atoms with Gasteiger partial charge in [0.2, 0.25) is 5.95 Å². The van der Waals surface area contributed by atoms with Crippen molar-refractivity contribution in [2.24, 2.45) is 0 Å². The molecule has 0 bridgehead atoms. The fourth-order valence-electron chi connectivity index (χ4n) is 3.49. The van der Waals surface area contributed by atoms with Crippen molar-refractivity contribution < 1.29 is 0 Å².